The smallest absolute Gasteiger partial charge is 0.337 e. The molecule has 0 N–H and O–H groups in total. The molecule has 3 rings (SSSR count). The van der Waals surface area contributed by atoms with Crippen LogP contribution in [0.15, 0.2) is 53.3 Å². The van der Waals surface area contributed by atoms with Gasteiger partial charge in [0.05, 0.1) is 32.3 Å². The van der Waals surface area contributed by atoms with Crippen LogP contribution in [-0.4, -0.2) is 20.2 Å². The van der Waals surface area contributed by atoms with Gasteiger partial charge >= 0.3 is 5.97 Å². The maximum atomic E-state index is 11.9. The Hall–Kier alpha value is -2.75. The molecule has 0 aliphatic heterocycles. The van der Waals surface area contributed by atoms with Crippen molar-refractivity contribution in [3.05, 3.63) is 54.5 Å². The van der Waals surface area contributed by atoms with Crippen molar-refractivity contribution in [2.75, 3.05) is 14.2 Å². The highest BCUT2D eigenvalue weighted by Gasteiger charge is 2.13. The van der Waals surface area contributed by atoms with Crippen molar-refractivity contribution in [3.8, 4) is 16.9 Å². The van der Waals surface area contributed by atoms with Crippen LogP contribution in [-0.2, 0) is 4.74 Å². The van der Waals surface area contributed by atoms with E-state index < -0.39 is 0 Å². The van der Waals surface area contributed by atoms with Gasteiger partial charge in [0.25, 0.3) is 0 Å². The molecule has 4 heteroatoms. The zero-order chi connectivity index (χ0) is 14.8. The highest BCUT2D eigenvalue weighted by atomic mass is 16.5. The first-order valence-corrected chi connectivity index (χ1v) is 6.45. The summed E-state index contributed by atoms with van der Waals surface area (Å²) in [7, 11) is 2.98. The molecule has 2 aromatic carbocycles. The van der Waals surface area contributed by atoms with E-state index in [0.29, 0.717) is 5.56 Å². The monoisotopic (exact) mass is 282 g/mol. The molecule has 1 aromatic heterocycles. The standard InChI is InChI=1S/C17H14O4/c1-19-14-3-4-15-12(8-14)7-13(17(18)20-2)9-16(15)11-5-6-21-10-11/h3-10H,1-2H3. The molecule has 3 aromatic rings. The third kappa shape index (κ3) is 2.36. The molecule has 1 heterocycles. The van der Waals surface area contributed by atoms with Crippen molar-refractivity contribution >= 4 is 16.7 Å². The summed E-state index contributed by atoms with van der Waals surface area (Å²) in [6.07, 6.45) is 3.26. The van der Waals surface area contributed by atoms with E-state index in [1.165, 1.54) is 7.11 Å². The van der Waals surface area contributed by atoms with E-state index in [1.54, 1.807) is 25.7 Å². The van der Waals surface area contributed by atoms with Crippen LogP contribution < -0.4 is 4.74 Å². The highest BCUT2D eigenvalue weighted by Crippen LogP contribution is 2.32. The number of benzene rings is 2. The van der Waals surface area contributed by atoms with Gasteiger partial charge in [0.15, 0.2) is 0 Å². The summed E-state index contributed by atoms with van der Waals surface area (Å²) in [6.45, 7) is 0. The second kappa shape index (κ2) is 5.32. The first kappa shape index (κ1) is 13.2. The van der Waals surface area contributed by atoms with E-state index in [4.69, 9.17) is 13.9 Å². The van der Waals surface area contributed by atoms with E-state index in [-0.39, 0.29) is 5.97 Å². The van der Waals surface area contributed by atoms with Crippen LogP contribution >= 0.6 is 0 Å². The number of furan rings is 1. The Morgan fingerprint density at radius 3 is 2.62 bits per heavy atom. The van der Waals surface area contributed by atoms with Crippen LogP contribution in [0.25, 0.3) is 21.9 Å². The quantitative estimate of drug-likeness (QED) is 0.684. The van der Waals surface area contributed by atoms with Gasteiger partial charge in [0.1, 0.15) is 5.75 Å². The normalized spacial score (nSPS) is 10.6. The molecule has 0 aliphatic rings. The highest BCUT2D eigenvalue weighted by molar-refractivity contribution is 6.03. The Morgan fingerprint density at radius 2 is 1.95 bits per heavy atom. The Morgan fingerprint density at radius 1 is 1.10 bits per heavy atom. The molecule has 0 fully saturated rings. The lowest BCUT2D eigenvalue weighted by Gasteiger charge is -2.09. The molecular formula is C17H14O4. The average molecular weight is 282 g/mol. The van der Waals surface area contributed by atoms with Crippen molar-refractivity contribution in [1.29, 1.82) is 0 Å². The van der Waals surface area contributed by atoms with Crippen molar-refractivity contribution in [2.24, 2.45) is 0 Å². The van der Waals surface area contributed by atoms with E-state index in [0.717, 1.165) is 27.6 Å². The Bertz CT molecular complexity index is 788. The largest absolute Gasteiger partial charge is 0.497 e. The number of ether oxygens (including phenoxy) is 2. The lowest BCUT2D eigenvalue weighted by Crippen LogP contribution is -2.01. The number of hydrogen-bond donors (Lipinski definition) is 0. The van der Waals surface area contributed by atoms with Gasteiger partial charge in [0, 0.05) is 5.56 Å². The van der Waals surface area contributed by atoms with Crippen LogP contribution in [0, 0.1) is 0 Å². The second-order valence-corrected chi connectivity index (χ2v) is 4.61. The Balaban J connectivity index is 2.30. The molecule has 0 radical (unpaired) electrons. The van der Waals surface area contributed by atoms with E-state index in [2.05, 4.69) is 0 Å². The van der Waals surface area contributed by atoms with Gasteiger partial charge in [-0.25, -0.2) is 4.79 Å². The molecule has 0 spiro atoms. The molecule has 0 aliphatic carbocycles. The molecule has 4 nitrogen and oxygen atoms in total. The number of fused-ring (bicyclic) bond motifs is 1. The number of carbonyl (C=O) groups excluding carboxylic acids is 1. The summed E-state index contributed by atoms with van der Waals surface area (Å²) in [5, 5.41) is 1.93. The van der Waals surface area contributed by atoms with Crippen LogP contribution in [0.5, 0.6) is 5.75 Å². The number of rotatable bonds is 3. The summed E-state index contributed by atoms with van der Waals surface area (Å²) < 4.78 is 15.2. The zero-order valence-electron chi connectivity index (χ0n) is 11.8. The third-order valence-electron chi connectivity index (χ3n) is 3.41. The minimum absolute atomic E-state index is 0.371. The van der Waals surface area contributed by atoms with Gasteiger partial charge in [0.2, 0.25) is 0 Å². The molecule has 0 bridgehead atoms. The number of esters is 1. The predicted molar refractivity (Wildman–Crippen MR) is 79.5 cm³/mol. The van der Waals surface area contributed by atoms with Crippen molar-refractivity contribution in [2.45, 2.75) is 0 Å². The summed E-state index contributed by atoms with van der Waals surface area (Å²) in [6, 6.07) is 11.2. The maximum absolute atomic E-state index is 11.9. The van der Waals surface area contributed by atoms with Crippen LogP contribution in [0.2, 0.25) is 0 Å². The molecular weight excluding hydrogens is 268 g/mol. The fourth-order valence-electron chi connectivity index (χ4n) is 2.37. The van der Waals surface area contributed by atoms with Gasteiger partial charge in [-0.1, -0.05) is 6.07 Å². The Kier molecular flexibility index (Phi) is 3.36. The minimum atomic E-state index is -0.371. The van der Waals surface area contributed by atoms with Gasteiger partial charge in [-0.05, 0) is 46.7 Å². The molecule has 106 valence electrons. The van der Waals surface area contributed by atoms with Crippen molar-refractivity contribution < 1.29 is 18.7 Å². The van der Waals surface area contributed by atoms with Gasteiger partial charge in [-0.2, -0.15) is 0 Å². The predicted octanol–water partition coefficient (Wildman–Crippen LogP) is 3.90. The number of methoxy groups -OCH3 is 2. The topological polar surface area (TPSA) is 48.7 Å². The van der Waals surface area contributed by atoms with Crippen LogP contribution in [0.1, 0.15) is 10.4 Å². The van der Waals surface area contributed by atoms with Gasteiger partial charge in [-0.3, -0.25) is 0 Å². The van der Waals surface area contributed by atoms with E-state index in [1.807, 2.05) is 30.3 Å². The first-order chi connectivity index (χ1) is 10.2. The van der Waals surface area contributed by atoms with Crippen molar-refractivity contribution in [1.82, 2.24) is 0 Å². The summed E-state index contributed by atoms with van der Waals surface area (Å²) >= 11 is 0. The third-order valence-corrected chi connectivity index (χ3v) is 3.41. The maximum Gasteiger partial charge on any atom is 0.337 e. The fraction of sp³-hybridized carbons (Fsp3) is 0.118. The number of hydrogen-bond acceptors (Lipinski definition) is 4. The van der Waals surface area contributed by atoms with Gasteiger partial charge in [-0.15, -0.1) is 0 Å². The molecule has 0 saturated carbocycles. The molecule has 0 atom stereocenters. The second-order valence-electron chi connectivity index (χ2n) is 4.61. The molecule has 0 unspecified atom stereocenters. The number of carbonyl (C=O) groups is 1. The lowest BCUT2D eigenvalue weighted by molar-refractivity contribution is 0.0601. The van der Waals surface area contributed by atoms with Gasteiger partial charge < -0.3 is 13.9 Å². The summed E-state index contributed by atoms with van der Waals surface area (Å²) in [5.74, 6) is 0.368. The molecule has 21 heavy (non-hydrogen) atoms. The average Bonchev–Trinajstić information content (AvgIpc) is 3.06. The Labute approximate surface area is 121 Å². The summed E-state index contributed by atoms with van der Waals surface area (Å²) in [4.78, 5) is 11.9. The molecule has 0 amide bonds. The zero-order valence-corrected chi connectivity index (χ0v) is 11.8. The van der Waals surface area contributed by atoms with Crippen LogP contribution in [0.4, 0.5) is 0 Å². The molecule has 0 saturated heterocycles. The van der Waals surface area contributed by atoms with Crippen molar-refractivity contribution in [3.63, 3.8) is 0 Å². The SMILES string of the molecule is COC(=O)c1cc(-c2ccoc2)c2ccc(OC)cc2c1. The summed E-state index contributed by atoms with van der Waals surface area (Å²) in [5.41, 5.74) is 2.33. The van der Waals surface area contributed by atoms with E-state index in [9.17, 15) is 4.79 Å². The van der Waals surface area contributed by atoms with Crippen LogP contribution in [0.3, 0.4) is 0 Å². The fourth-order valence-corrected chi connectivity index (χ4v) is 2.37. The lowest BCUT2D eigenvalue weighted by atomic mass is 9.97. The first-order valence-electron chi connectivity index (χ1n) is 6.45. The van der Waals surface area contributed by atoms with E-state index >= 15 is 0 Å². The minimum Gasteiger partial charge on any atom is -0.497 e.